The fourth-order valence-corrected chi connectivity index (χ4v) is 2.22. The molecule has 0 aliphatic rings. The van der Waals surface area contributed by atoms with Crippen molar-refractivity contribution in [3.8, 4) is 22.8 Å². The van der Waals surface area contributed by atoms with Crippen LogP contribution in [0.25, 0.3) is 22.8 Å². The third-order valence-corrected chi connectivity index (χ3v) is 3.51. The number of halogens is 2. The minimum atomic E-state index is -2.84. The van der Waals surface area contributed by atoms with Gasteiger partial charge in [0.15, 0.2) is 0 Å². The third kappa shape index (κ3) is 3.58. The maximum absolute atomic E-state index is 12.5. The van der Waals surface area contributed by atoms with E-state index < -0.39 is 12.3 Å². The Balaban J connectivity index is 1.48. The molecule has 0 aliphatic carbocycles. The summed E-state index contributed by atoms with van der Waals surface area (Å²) in [6.07, 6.45) is 0.503. The number of hydrogen-bond donors (Lipinski definition) is 1. The van der Waals surface area contributed by atoms with Crippen LogP contribution in [0.4, 0.5) is 14.6 Å². The number of pyridine rings is 1. The van der Waals surface area contributed by atoms with E-state index in [1.54, 1.807) is 41.3 Å². The highest BCUT2D eigenvalue weighted by Crippen LogP contribution is 2.21. The molecular formula is C15H11F2N9O. The highest BCUT2D eigenvalue weighted by Gasteiger charge is 2.18. The van der Waals surface area contributed by atoms with Crippen molar-refractivity contribution in [2.45, 2.75) is 13.0 Å². The lowest BCUT2D eigenvalue weighted by molar-refractivity contribution is 0.116. The molecule has 0 radical (unpaired) electrons. The maximum Gasteiger partial charge on any atom is 0.314 e. The van der Waals surface area contributed by atoms with Gasteiger partial charge >= 0.3 is 6.43 Å². The van der Waals surface area contributed by atoms with Gasteiger partial charge in [-0.3, -0.25) is 0 Å². The van der Waals surface area contributed by atoms with Gasteiger partial charge < -0.3 is 10.2 Å². The minimum Gasteiger partial charge on any atom is -0.413 e. The van der Waals surface area contributed by atoms with Gasteiger partial charge in [0, 0.05) is 11.8 Å². The Bertz CT molecular complexity index is 1040. The molecule has 10 nitrogen and oxygen atoms in total. The zero-order valence-electron chi connectivity index (χ0n) is 13.6. The lowest BCUT2D eigenvalue weighted by atomic mass is 10.2. The van der Waals surface area contributed by atoms with Crippen molar-refractivity contribution < 1.29 is 13.2 Å². The Morgan fingerprint density at radius 2 is 1.89 bits per heavy atom. The van der Waals surface area contributed by atoms with Gasteiger partial charge in [-0.25, -0.2) is 9.67 Å². The Labute approximate surface area is 150 Å². The normalized spacial score (nSPS) is 11.2. The second-order valence-electron chi connectivity index (χ2n) is 5.43. The number of aromatic nitrogens is 8. The second kappa shape index (κ2) is 6.82. The van der Waals surface area contributed by atoms with Gasteiger partial charge in [-0.15, -0.1) is 20.4 Å². The van der Waals surface area contributed by atoms with Crippen molar-refractivity contribution in [2.75, 3.05) is 5.73 Å². The molecule has 4 aromatic heterocycles. The van der Waals surface area contributed by atoms with Crippen molar-refractivity contribution in [2.24, 2.45) is 0 Å². The number of anilines is 1. The monoisotopic (exact) mass is 371 g/mol. The lowest BCUT2D eigenvalue weighted by Gasteiger charge is -2.00. The molecule has 0 bridgehead atoms. The molecule has 136 valence electrons. The number of nitrogen functional groups attached to an aromatic ring is 1. The molecule has 0 amide bonds. The number of alkyl halides is 2. The number of nitrogens with zero attached hydrogens (tertiary/aromatic N) is 8. The maximum atomic E-state index is 12.5. The van der Waals surface area contributed by atoms with Crippen LogP contribution >= 0.6 is 0 Å². The van der Waals surface area contributed by atoms with Crippen molar-refractivity contribution in [3.63, 3.8) is 0 Å². The Hall–Kier alpha value is -3.83. The zero-order chi connectivity index (χ0) is 18.8. The van der Waals surface area contributed by atoms with E-state index in [1.807, 2.05) is 0 Å². The van der Waals surface area contributed by atoms with Gasteiger partial charge in [0.1, 0.15) is 17.2 Å². The Morgan fingerprint density at radius 3 is 2.56 bits per heavy atom. The third-order valence-electron chi connectivity index (χ3n) is 3.51. The Kier molecular flexibility index (Phi) is 4.20. The summed E-state index contributed by atoms with van der Waals surface area (Å²) in [6.45, 7) is 0.314. The highest BCUT2D eigenvalue weighted by molar-refractivity contribution is 5.57. The van der Waals surface area contributed by atoms with Crippen LogP contribution in [0.5, 0.6) is 0 Å². The summed E-state index contributed by atoms with van der Waals surface area (Å²) in [7, 11) is 0. The molecule has 4 heterocycles. The molecule has 0 spiro atoms. The van der Waals surface area contributed by atoms with Crippen molar-refractivity contribution in [3.05, 3.63) is 48.2 Å². The summed E-state index contributed by atoms with van der Waals surface area (Å²) in [5.41, 5.74) is 7.76. The molecule has 0 fully saturated rings. The predicted octanol–water partition coefficient (Wildman–Crippen LogP) is 1.75. The molecule has 2 N–H and O–H groups in total. The second-order valence-corrected chi connectivity index (χ2v) is 5.43. The smallest absolute Gasteiger partial charge is 0.314 e. The highest BCUT2D eigenvalue weighted by atomic mass is 19.3. The fraction of sp³-hybridized carbons (Fsp3) is 0.133. The van der Waals surface area contributed by atoms with Gasteiger partial charge in [-0.2, -0.15) is 13.9 Å². The summed E-state index contributed by atoms with van der Waals surface area (Å²) >= 11 is 0. The molecule has 12 heteroatoms. The number of hydrogen-bond acceptors (Lipinski definition) is 9. The largest absolute Gasteiger partial charge is 0.413 e. The van der Waals surface area contributed by atoms with Crippen LogP contribution in [0.2, 0.25) is 0 Å². The van der Waals surface area contributed by atoms with E-state index in [1.165, 1.54) is 0 Å². The van der Waals surface area contributed by atoms with Crippen molar-refractivity contribution in [1.82, 2.24) is 40.4 Å². The molecule has 0 saturated heterocycles. The summed E-state index contributed by atoms with van der Waals surface area (Å²) in [4.78, 5) is 4.01. The SMILES string of the molecule is Nc1ccc(-c2cn(Cc3ccc(-c4nnc(C(F)F)o4)nn3)nn2)cn1. The van der Waals surface area contributed by atoms with Gasteiger partial charge in [0.2, 0.25) is 0 Å². The first kappa shape index (κ1) is 16.6. The first-order valence-corrected chi connectivity index (χ1v) is 7.65. The van der Waals surface area contributed by atoms with Crippen molar-refractivity contribution >= 4 is 5.82 Å². The quantitative estimate of drug-likeness (QED) is 0.556. The van der Waals surface area contributed by atoms with E-state index in [-0.39, 0.29) is 11.6 Å². The standard InChI is InChI=1S/C15H11F2N9O/c16-13(17)15-24-23-14(27-15)10-3-2-9(20-21-10)6-26-7-11(22-25-26)8-1-4-12(18)19-5-8/h1-5,7,13H,6H2,(H2,18,19). The average Bonchev–Trinajstić information content (AvgIpc) is 3.33. The zero-order valence-corrected chi connectivity index (χ0v) is 13.6. The molecule has 0 unspecified atom stereocenters. The average molecular weight is 371 g/mol. The number of rotatable bonds is 5. The topological polar surface area (TPSA) is 134 Å². The predicted molar refractivity (Wildman–Crippen MR) is 87.0 cm³/mol. The van der Waals surface area contributed by atoms with Crippen LogP contribution in [0.1, 0.15) is 18.0 Å². The van der Waals surface area contributed by atoms with E-state index in [0.717, 1.165) is 5.56 Å². The molecule has 4 aromatic rings. The molecule has 4 rings (SSSR count). The number of nitrogens with two attached hydrogens (primary N) is 1. The molecule has 0 saturated carbocycles. The summed E-state index contributed by atoms with van der Waals surface area (Å²) in [6, 6.07) is 6.67. The van der Waals surface area contributed by atoms with Gasteiger partial charge in [-0.05, 0) is 24.3 Å². The molecule has 0 atom stereocenters. The van der Waals surface area contributed by atoms with E-state index in [9.17, 15) is 8.78 Å². The van der Waals surface area contributed by atoms with Crippen LogP contribution in [-0.2, 0) is 6.54 Å². The summed E-state index contributed by atoms with van der Waals surface area (Å²) in [5.74, 6) is -0.463. The van der Waals surface area contributed by atoms with Gasteiger partial charge in [-0.1, -0.05) is 5.21 Å². The first-order chi connectivity index (χ1) is 13.1. The Morgan fingerprint density at radius 1 is 1.00 bits per heavy atom. The van der Waals surface area contributed by atoms with E-state index in [4.69, 9.17) is 10.2 Å². The van der Waals surface area contributed by atoms with Crippen molar-refractivity contribution in [1.29, 1.82) is 0 Å². The van der Waals surface area contributed by atoms with Crippen LogP contribution in [0.15, 0.2) is 41.1 Å². The molecular weight excluding hydrogens is 360 g/mol. The summed E-state index contributed by atoms with van der Waals surface area (Å²) < 4.78 is 31.4. The van der Waals surface area contributed by atoms with Crippen LogP contribution in [0, 0.1) is 0 Å². The van der Waals surface area contributed by atoms with Crippen LogP contribution in [-0.4, -0.2) is 40.4 Å². The molecule has 27 heavy (non-hydrogen) atoms. The van der Waals surface area contributed by atoms with Gasteiger partial charge in [0.25, 0.3) is 11.8 Å². The molecule has 0 aromatic carbocycles. The van der Waals surface area contributed by atoms with Crippen LogP contribution in [0.3, 0.4) is 0 Å². The van der Waals surface area contributed by atoms with Gasteiger partial charge in [0.05, 0.1) is 18.4 Å². The first-order valence-electron chi connectivity index (χ1n) is 7.65. The van der Waals surface area contributed by atoms with E-state index in [0.29, 0.717) is 23.8 Å². The fourth-order valence-electron chi connectivity index (χ4n) is 2.22. The van der Waals surface area contributed by atoms with E-state index in [2.05, 4.69) is 35.7 Å². The molecule has 0 aliphatic heterocycles. The van der Waals surface area contributed by atoms with E-state index >= 15 is 0 Å². The lowest BCUT2D eigenvalue weighted by Crippen LogP contribution is -2.04. The minimum absolute atomic E-state index is 0.122. The summed E-state index contributed by atoms with van der Waals surface area (Å²) in [5, 5.41) is 22.8. The van der Waals surface area contributed by atoms with Crippen LogP contribution < -0.4 is 5.73 Å².